The Labute approximate surface area is 137 Å². The van der Waals surface area contributed by atoms with Crippen LogP contribution < -0.4 is 10.2 Å². The van der Waals surface area contributed by atoms with Crippen molar-refractivity contribution in [3.63, 3.8) is 0 Å². The van der Waals surface area contributed by atoms with Crippen molar-refractivity contribution in [2.24, 2.45) is 0 Å². The van der Waals surface area contributed by atoms with Gasteiger partial charge in [-0.05, 0) is 24.1 Å². The minimum absolute atomic E-state index is 0.324. The molecule has 0 heterocycles. The normalized spacial score (nSPS) is 12.3. The van der Waals surface area contributed by atoms with Crippen LogP contribution in [-0.2, 0) is 14.3 Å². The van der Waals surface area contributed by atoms with E-state index >= 15 is 0 Å². The third-order valence-corrected chi connectivity index (χ3v) is 3.27. The van der Waals surface area contributed by atoms with Gasteiger partial charge in [-0.1, -0.05) is 37.3 Å². The number of anilines is 1. The second kappa shape index (κ2) is 9.46. The molecule has 0 saturated carbocycles. The van der Waals surface area contributed by atoms with Gasteiger partial charge in [0.15, 0.2) is 0 Å². The summed E-state index contributed by atoms with van der Waals surface area (Å²) in [6.45, 7) is 1.81. The molecule has 5 heteroatoms. The zero-order chi connectivity index (χ0) is 17.2. The van der Waals surface area contributed by atoms with E-state index in [1.807, 2.05) is 56.3 Å². The summed E-state index contributed by atoms with van der Waals surface area (Å²) in [5.74, 6) is -0.763. The first-order valence-electron chi connectivity index (χ1n) is 7.48. The van der Waals surface area contributed by atoms with E-state index < -0.39 is 12.0 Å². The fourth-order valence-electron chi connectivity index (χ4n) is 1.88. The van der Waals surface area contributed by atoms with Gasteiger partial charge in [-0.25, -0.2) is 4.79 Å². The predicted octanol–water partition coefficient (Wildman–Crippen LogP) is 2.39. The second-order valence-corrected chi connectivity index (χ2v) is 5.20. The Morgan fingerprint density at radius 3 is 2.39 bits per heavy atom. The zero-order valence-corrected chi connectivity index (χ0v) is 14.1. The Bertz CT molecular complexity index is 574. The summed E-state index contributed by atoms with van der Waals surface area (Å²) >= 11 is 0. The smallest absolute Gasteiger partial charge is 0.328 e. The predicted molar refractivity (Wildman–Crippen MR) is 93.2 cm³/mol. The molecule has 0 radical (unpaired) electrons. The lowest BCUT2D eigenvalue weighted by Gasteiger charge is -2.12. The van der Waals surface area contributed by atoms with Crippen LogP contribution in [0, 0.1) is 0 Å². The number of benzene rings is 1. The highest BCUT2D eigenvalue weighted by molar-refractivity contribution is 5.91. The van der Waals surface area contributed by atoms with Gasteiger partial charge in [0.1, 0.15) is 6.04 Å². The molecule has 1 atom stereocenters. The van der Waals surface area contributed by atoms with Crippen LogP contribution in [0.25, 0.3) is 6.08 Å². The molecule has 0 fully saturated rings. The summed E-state index contributed by atoms with van der Waals surface area (Å²) in [4.78, 5) is 25.1. The average Bonchev–Trinajstić information content (AvgIpc) is 2.56. The largest absolute Gasteiger partial charge is 0.467 e. The molecule has 0 aliphatic rings. The molecule has 5 nitrogen and oxygen atoms in total. The van der Waals surface area contributed by atoms with Crippen molar-refractivity contribution in [1.29, 1.82) is 0 Å². The van der Waals surface area contributed by atoms with Crippen LogP contribution in [0.3, 0.4) is 0 Å². The van der Waals surface area contributed by atoms with Crippen molar-refractivity contribution in [2.75, 3.05) is 26.1 Å². The van der Waals surface area contributed by atoms with Crippen molar-refractivity contribution >= 4 is 23.6 Å². The van der Waals surface area contributed by atoms with Gasteiger partial charge in [0.2, 0.25) is 5.91 Å². The van der Waals surface area contributed by atoms with Gasteiger partial charge in [0.25, 0.3) is 0 Å². The first-order valence-corrected chi connectivity index (χ1v) is 7.48. The van der Waals surface area contributed by atoms with E-state index in [-0.39, 0.29) is 5.91 Å². The Kier molecular flexibility index (Phi) is 7.60. The zero-order valence-electron chi connectivity index (χ0n) is 14.1. The number of nitrogens with one attached hydrogen (secondary N) is 1. The van der Waals surface area contributed by atoms with E-state index in [1.165, 1.54) is 13.2 Å². The molecule has 1 rings (SSSR count). The highest BCUT2D eigenvalue weighted by Crippen LogP contribution is 2.13. The van der Waals surface area contributed by atoms with Crippen molar-refractivity contribution in [3.8, 4) is 0 Å². The summed E-state index contributed by atoms with van der Waals surface area (Å²) in [5.41, 5.74) is 2.17. The Hall–Kier alpha value is -2.56. The maximum Gasteiger partial charge on any atom is 0.328 e. The van der Waals surface area contributed by atoms with Gasteiger partial charge in [0, 0.05) is 25.9 Å². The van der Waals surface area contributed by atoms with Crippen molar-refractivity contribution in [1.82, 2.24) is 5.32 Å². The number of esters is 1. The van der Waals surface area contributed by atoms with Crippen molar-refractivity contribution in [3.05, 3.63) is 48.1 Å². The van der Waals surface area contributed by atoms with Gasteiger partial charge >= 0.3 is 5.97 Å². The number of hydrogen-bond acceptors (Lipinski definition) is 4. The Balaban J connectivity index is 2.54. The molecule has 0 unspecified atom stereocenters. The number of nitrogens with zero attached hydrogens (tertiary/aromatic N) is 1. The summed E-state index contributed by atoms with van der Waals surface area (Å²) in [6, 6.07) is 7.45. The number of amides is 1. The van der Waals surface area contributed by atoms with Crippen LogP contribution in [0.5, 0.6) is 0 Å². The van der Waals surface area contributed by atoms with E-state index in [2.05, 4.69) is 10.1 Å². The van der Waals surface area contributed by atoms with E-state index in [4.69, 9.17) is 0 Å². The summed E-state index contributed by atoms with van der Waals surface area (Å²) in [7, 11) is 5.28. The number of ether oxygens (including phenoxy) is 1. The standard InChI is InChI=1S/C18H24N2O3/c1-5-16(18(22)23-4)19-17(21)9-7-6-8-14-10-12-15(13-11-14)20(2)3/h6-13,16H,5H2,1-4H3,(H,19,21)/b8-6+,9-7+/t16-/m1/s1. The molecule has 0 spiro atoms. The SMILES string of the molecule is CC[C@@H](NC(=O)/C=C/C=C/c1ccc(N(C)C)cc1)C(=O)OC. The third-order valence-electron chi connectivity index (χ3n) is 3.27. The number of carbonyl (C=O) groups excluding carboxylic acids is 2. The molecule has 1 aromatic carbocycles. The first-order chi connectivity index (χ1) is 11.0. The molecule has 0 aliphatic carbocycles. The van der Waals surface area contributed by atoms with E-state index in [0.29, 0.717) is 6.42 Å². The maximum absolute atomic E-state index is 11.7. The van der Waals surface area contributed by atoms with E-state index in [0.717, 1.165) is 11.3 Å². The highest BCUT2D eigenvalue weighted by Gasteiger charge is 2.17. The molecule has 1 aromatic rings. The average molecular weight is 316 g/mol. The minimum Gasteiger partial charge on any atom is -0.467 e. The lowest BCUT2D eigenvalue weighted by Crippen LogP contribution is -2.40. The second-order valence-electron chi connectivity index (χ2n) is 5.20. The monoisotopic (exact) mass is 316 g/mol. The van der Waals surface area contributed by atoms with Crippen LogP contribution in [0.2, 0.25) is 0 Å². The molecule has 0 aromatic heterocycles. The Morgan fingerprint density at radius 1 is 1.22 bits per heavy atom. The molecule has 0 aliphatic heterocycles. The molecular weight excluding hydrogens is 292 g/mol. The minimum atomic E-state index is -0.611. The van der Waals surface area contributed by atoms with Crippen LogP contribution in [0.4, 0.5) is 5.69 Å². The van der Waals surface area contributed by atoms with Gasteiger partial charge in [-0.2, -0.15) is 0 Å². The first kappa shape index (κ1) is 18.5. The van der Waals surface area contributed by atoms with Gasteiger partial charge in [0.05, 0.1) is 7.11 Å². The van der Waals surface area contributed by atoms with Crippen LogP contribution in [0.15, 0.2) is 42.5 Å². The summed E-state index contributed by atoms with van der Waals surface area (Å²) in [5, 5.41) is 2.60. The van der Waals surface area contributed by atoms with Gasteiger partial charge < -0.3 is 15.0 Å². The lowest BCUT2D eigenvalue weighted by molar-refractivity contribution is -0.144. The molecule has 1 amide bonds. The number of hydrogen-bond donors (Lipinski definition) is 1. The molecule has 124 valence electrons. The van der Waals surface area contributed by atoms with Crippen LogP contribution in [-0.4, -0.2) is 39.1 Å². The molecule has 1 N–H and O–H groups in total. The quantitative estimate of drug-likeness (QED) is 0.477. The fourth-order valence-corrected chi connectivity index (χ4v) is 1.88. The molecule has 0 saturated heterocycles. The topological polar surface area (TPSA) is 58.6 Å². The molecular formula is C18H24N2O3. The van der Waals surface area contributed by atoms with Crippen LogP contribution >= 0.6 is 0 Å². The summed E-state index contributed by atoms with van der Waals surface area (Å²) < 4.78 is 4.62. The van der Waals surface area contributed by atoms with Crippen molar-refractivity contribution in [2.45, 2.75) is 19.4 Å². The highest BCUT2D eigenvalue weighted by atomic mass is 16.5. The Morgan fingerprint density at radius 2 is 1.87 bits per heavy atom. The number of rotatable bonds is 7. The fraction of sp³-hybridized carbons (Fsp3) is 0.333. The number of carbonyl (C=O) groups is 2. The third kappa shape index (κ3) is 6.38. The molecule has 0 bridgehead atoms. The number of allylic oxidation sites excluding steroid dienone is 2. The number of methoxy groups -OCH3 is 1. The lowest BCUT2D eigenvalue weighted by atomic mass is 10.2. The van der Waals surface area contributed by atoms with Crippen LogP contribution in [0.1, 0.15) is 18.9 Å². The van der Waals surface area contributed by atoms with Gasteiger partial charge in [-0.3, -0.25) is 4.79 Å². The molecule has 23 heavy (non-hydrogen) atoms. The maximum atomic E-state index is 11.7. The summed E-state index contributed by atoms with van der Waals surface area (Å²) in [6.07, 6.45) is 7.19. The van der Waals surface area contributed by atoms with Crippen molar-refractivity contribution < 1.29 is 14.3 Å². The van der Waals surface area contributed by atoms with Gasteiger partial charge in [-0.15, -0.1) is 0 Å². The van der Waals surface area contributed by atoms with E-state index in [9.17, 15) is 9.59 Å². The van der Waals surface area contributed by atoms with E-state index in [1.54, 1.807) is 12.2 Å².